The van der Waals surface area contributed by atoms with Crippen molar-refractivity contribution in [3.8, 4) is 5.88 Å². The second kappa shape index (κ2) is 3.48. The maximum absolute atomic E-state index is 9.53. The molecular formula is C12H10N4O. The maximum atomic E-state index is 9.53. The first-order chi connectivity index (χ1) is 8.24. The van der Waals surface area contributed by atoms with Crippen molar-refractivity contribution in [3.05, 3.63) is 35.5 Å². The Labute approximate surface area is 97.3 Å². The Hall–Kier alpha value is -2.56. The van der Waals surface area contributed by atoms with Gasteiger partial charge in [0.2, 0.25) is 11.8 Å². The summed E-state index contributed by atoms with van der Waals surface area (Å²) in [6.07, 6.45) is 3.52. The van der Waals surface area contributed by atoms with Crippen LogP contribution in [0.25, 0.3) is 11.6 Å². The number of aromatic amines is 1. The van der Waals surface area contributed by atoms with Crippen LogP contribution in [0.2, 0.25) is 0 Å². The third-order valence-corrected chi connectivity index (χ3v) is 2.59. The molecule has 1 aromatic carbocycles. The number of imidazole rings is 1. The van der Waals surface area contributed by atoms with Crippen molar-refractivity contribution < 1.29 is 5.11 Å². The minimum absolute atomic E-state index is 0.104. The van der Waals surface area contributed by atoms with E-state index in [0.29, 0.717) is 5.69 Å². The van der Waals surface area contributed by atoms with Crippen LogP contribution in [0.3, 0.4) is 0 Å². The molecule has 2 heterocycles. The quantitative estimate of drug-likeness (QED) is 0.694. The molecule has 0 spiro atoms. The van der Waals surface area contributed by atoms with Crippen LogP contribution in [-0.4, -0.2) is 21.3 Å². The number of anilines is 1. The molecule has 0 radical (unpaired) electrons. The molecule has 2 aromatic rings. The topological polar surface area (TPSA) is 87.3 Å². The predicted molar refractivity (Wildman–Crippen MR) is 67.1 cm³/mol. The van der Waals surface area contributed by atoms with Gasteiger partial charge in [0.25, 0.3) is 0 Å². The van der Waals surface area contributed by atoms with E-state index in [-0.39, 0.29) is 11.8 Å². The summed E-state index contributed by atoms with van der Waals surface area (Å²) in [6.45, 7) is 0. The van der Waals surface area contributed by atoms with Crippen LogP contribution in [0, 0.1) is 0 Å². The van der Waals surface area contributed by atoms with Gasteiger partial charge in [0.05, 0.1) is 5.69 Å². The van der Waals surface area contributed by atoms with Crippen molar-refractivity contribution >= 4 is 29.5 Å². The number of nitrogens with one attached hydrogen (secondary N) is 1. The van der Waals surface area contributed by atoms with Gasteiger partial charge in [0, 0.05) is 17.4 Å². The normalized spacial score (nSPS) is 15.4. The fourth-order valence-corrected chi connectivity index (χ4v) is 1.81. The summed E-state index contributed by atoms with van der Waals surface area (Å²) >= 11 is 0. The molecule has 0 amide bonds. The van der Waals surface area contributed by atoms with Gasteiger partial charge in [-0.05, 0) is 12.1 Å². The molecule has 84 valence electrons. The molecule has 1 aliphatic heterocycles. The number of benzene rings is 1. The Balaban J connectivity index is 2.08. The maximum Gasteiger partial charge on any atom is 0.238 e. The molecule has 0 saturated heterocycles. The molecule has 0 unspecified atom stereocenters. The highest BCUT2D eigenvalue weighted by atomic mass is 16.3. The van der Waals surface area contributed by atoms with Gasteiger partial charge in [-0.1, -0.05) is 18.2 Å². The number of aromatic nitrogens is 2. The number of nitrogens with two attached hydrogens (primary N) is 1. The van der Waals surface area contributed by atoms with E-state index in [0.717, 1.165) is 16.8 Å². The summed E-state index contributed by atoms with van der Waals surface area (Å²) in [4.78, 5) is 10.8. The largest absolute Gasteiger partial charge is 0.492 e. The van der Waals surface area contributed by atoms with Crippen LogP contribution in [0.15, 0.2) is 29.3 Å². The third kappa shape index (κ3) is 1.57. The number of hydrogen-bond acceptors (Lipinski definition) is 4. The van der Waals surface area contributed by atoms with Crippen LogP contribution in [0.4, 0.5) is 11.6 Å². The summed E-state index contributed by atoms with van der Waals surface area (Å²) in [7, 11) is 0. The lowest BCUT2D eigenvalue weighted by Gasteiger charge is -1.97. The SMILES string of the molecule is Nc1nc(O)c(C=C2C=Nc3ccccc32)[nH]1. The first-order valence-electron chi connectivity index (χ1n) is 5.13. The van der Waals surface area contributed by atoms with Crippen LogP contribution in [0.5, 0.6) is 5.88 Å². The molecule has 1 aromatic heterocycles. The van der Waals surface area contributed by atoms with Crippen LogP contribution in [0.1, 0.15) is 11.3 Å². The zero-order chi connectivity index (χ0) is 11.8. The molecule has 0 aliphatic carbocycles. The van der Waals surface area contributed by atoms with Crippen molar-refractivity contribution in [1.82, 2.24) is 9.97 Å². The summed E-state index contributed by atoms with van der Waals surface area (Å²) in [5.74, 6) is 0.0883. The second-order valence-corrected chi connectivity index (χ2v) is 3.73. The number of aliphatic imine (C=N–C) groups is 1. The number of nitrogen functional groups attached to an aromatic ring is 1. The van der Waals surface area contributed by atoms with Gasteiger partial charge in [-0.15, -0.1) is 0 Å². The standard InChI is InChI=1S/C12H10N4O/c13-12-15-10(11(17)16-12)5-7-6-14-9-4-2-1-3-8(7)9/h1-6,17H,(H3,13,15,16). The van der Waals surface area contributed by atoms with Crippen molar-refractivity contribution in [2.24, 2.45) is 4.99 Å². The number of rotatable bonds is 1. The van der Waals surface area contributed by atoms with Gasteiger partial charge in [0.15, 0.2) is 0 Å². The predicted octanol–water partition coefficient (Wildman–Crippen LogP) is 1.95. The van der Waals surface area contributed by atoms with E-state index in [9.17, 15) is 5.11 Å². The van der Waals surface area contributed by atoms with E-state index in [1.54, 1.807) is 12.3 Å². The number of fused-ring (bicyclic) bond motifs is 1. The van der Waals surface area contributed by atoms with Gasteiger partial charge < -0.3 is 15.8 Å². The lowest BCUT2D eigenvalue weighted by molar-refractivity contribution is 0.456. The third-order valence-electron chi connectivity index (χ3n) is 2.59. The minimum atomic E-state index is -0.104. The van der Waals surface area contributed by atoms with Crippen molar-refractivity contribution in [1.29, 1.82) is 0 Å². The molecule has 1 aliphatic rings. The Morgan fingerprint density at radius 3 is 2.88 bits per heavy atom. The summed E-state index contributed by atoms with van der Waals surface area (Å²) in [5.41, 5.74) is 8.81. The molecule has 0 saturated carbocycles. The lowest BCUT2D eigenvalue weighted by Crippen LogP contribution is -1.85. The summed E-state index contributed by atoms with van der Waals surface area (Å²) < 4.78 is 0. The van der Waals surface area contributed by atoms with Gasteiger partial charge in [0.1, 0.15) is 5.69 Å². The van der Waals surface area contributed by atoms with E-state index in [1.165, 1.54) is 0 Å². The molecule has 0 atom stereocenters. The number of allylic oxidation sites excluding steroid dienone is 1. The van der Waals surface area contributed by atoms with E-state index < -0.39 is 0 Å². The molecule has 4 N–H and O–H groups in total. The second-order valence-electron chi connectivity index (χ2n) is 3.73. The number of hydrogen-bond donors (Lipinski definition) is 3. The first-order valence-corrected chi connectivity index (χ1v) is 5.13. The van der Waals surface area contributed by atoms with Crippen molar-refractivity contribution in [2.45, 2.75) is 0 Å². The molecular weight excluding hydrogens is 216 g/mol. The van der Waals surface area contributed by atoms with E-state index >= 15 is 0 Å². The summed E-state index contributed by atoms with van der Waals surface area (Å²) in [5, 5.41) is 9.53. The Morgan fingerprint density at radius 2 is 2.12 bits per heavy atom. The summed E-state index contributed by atoms with van der Waals surface area (Å²) in [6, 6.07) is 7.80. The van der Waals surface area contributed by atoms with Crippen LogP contribution < -0.4 is 5.73 Å². The van der Waals surface area contributed by atoms with Gasteiger partial charge in [-0.3, -0.25) is 4.99 Å². The fraction of sp³-hybridized carbons (Fsp3) is 0. The lowest BCUT2D eigenvalue weighted by atomic mass is 10.1. The Morgan fingerprint density at radius 1 is 1.29 bits per heavy atom. The molecule has 5 nitrogen and oxygen atoms in total. The monoisotopic (exact) mass is 226 g/mol. The smallest absolute Gasteiger partial charge is 0.238 e. The highest BCUT2D eigenvalue weighted by Crippen LogP contribution is 2.32. The Bertz CT molecular complexity index is 640. The highest BCUT2D eigenvalue weighted by molar-refractivity contribution is 6.21. The fourth-order valence-electron chi connectivity index (χ4n) is 1.81. The Kier molecular flexibility index (Phi) is 1.98. The van der Waals surface area contributed by atoms with E-state index in [1.807, 2.05) is 24.3 Å². The number of nitrogens with zero attached hydrogens (tertiary/aromatic N) is 2. The molecule has 0 bridgehead atoms. The van der Waals surface area contributed by atoms with E-state index in [2.05, 4.69) is 15.0 Å². The zero-order valence-electron chi connectivity index (χ0n) is 8.88. The zero-order valence-corrected chi connectivity index (χ0v) is 8.88. The average molecular weight is 226 g/mol. The van der Waals surface area contributed by atoms with Crippen molar-refractivity contribution in [3.63, 3.8) is 0 Å². The average Bonchev–Trinajstić information content (AvgIpc) is 2.85. The van der Waals surface area contributed by atoms with Gasteiger partial charge >= 0.3 is 0 Å². The first kappa shape index (κ1) is 9.65. The van der Waals surface area contributed by atoms with Gasteiger partial charge in [-0.25, -0.2) is 0 Å². The number of para-hydroxylation sites is 1. The molecule has 5 heteroatoms. The molecule has 3 rings (SSSR count). The van der Waals surface area contributed by atoms with Crippen LogP contribution >= 0.6 is 0 Å². The number of H-pyrrole nitrogens is 1. The van der Waals surface area contributed by atoms with Crippen LogP contribution in [-0.2, 0) is 0 Å². The minimum Gasteiger partial charge on any atom is -0.492 e. The molecule has 0 fully saturated rings. The highest BCUT2D eigenvalue weighted by Gasteiger charge is 2.13. The van der Waals surface area contributed by atoms with Gasteiger partial charge in [-0.2, -0.15) is 4.98 Å². The molecule has 17 heavy (non-hydrogen) atoms. The van der Waals surface area contributed by atoms with E-state index in [4.69, 9.17) is 5.73 Å². The number of aromatic hydroxyl groups is 1. The van der Waals surface area contributed by atoms with Crippen molar-refractivity contribution in [2.75, 3.05) is 5.73 Å².